The van der Waals surface area contributed by atoms with Crippen LogP contribution in [0.2, 0.25) is 0 Å². The summed E-state index contributed by atoms with van der Waals surface area (Å²) in [6, 6.07) is 11.8. The Balaban J connectivity index is 1.70. The van der Waals surface area contributed by atoms with Gasteiger partial charge in [0.05, 0.1) is 10.6 Å². The van der Waals surface area contributed by atoms with E-state index in [1.165, 1.54) is 40.7 Å². The first-order valence-corrected chi connectivity index (χ1v) is 9.94. The molecule has 0 spiro atoms. The lowest BCUT2D eigenvalue weighted by Gasteiger charge is -2.16. The number of sulfonamides is 1. The van der Waals surface area contributed by atoms with Crippen LogP contribution in [0.15, 0.2) is 60.0 Å². The van der Waals surface area contributed by atoms with Crippen LogP contribution in [-0.2, 0) is 10.0 Å². The van der Waals surface area contributed by atoms with Gasteiger partial charge in [0.25, 0.3) is 5.91 Å². The van der Waals surface area contributed by atoms with Crippen molar-refractivity contribution in [1.82, 2.24) is 15.2 Å². The first kappa shape index (κ1) is 19.1. The van der Waals surface area contributed by atoms with Crippen LogP contribution >= 0.6 is 0 Å². The third kappa shape index (κ3) is 4.17. The molecular weight excluding hydrogens is 369 g/mol. The maximum atomic E-state index is 13.7. The van der Waals surface area contributed by atoms with Crippen LogP contribution in [0.5, 0.6) is 0 Å². The summed E-state index contributed by atoms with van der Waals surface area (Å²) < 4.78 is 40.4. The minimum absolute atomic E-state index is 0.0741. The van der Waals surface area contributed by atoms with Gasteiger partial charge in [0, 0.05) is 24.2 Å². The van der Waals surface area contributed by atoms with Crippen molar-refractivity contribution in [2.75, 3.05) is 13.1 Å². The predicted octanol–water partition coefficient (Wildman–Crippen LogP) is 2.52. The fraction of sp³-hybridized carbons (Fsp3) is 0.211. The number of benzene rings is 2. The van der Waals surface area contributed by atoms with Crippen LogP contribution in [-0.4, -0.2) is 31.7 Å². The van der Waals surface area contributed by atoms with Crippen LogP contribution in [0.25, 0.3) is 5.70 Å². The average molecular weight is 389 g/mol. The molecule has 1 amide bonds. The molecule has 0 unspecified atom stereocenters. The molecule has 27 heavy (non-hydrogen) atoms. The molecular formula is C19H20FN3O3S. The first-order chi connectivity index (χ1) is 12.9. The third-order valence-corrected chi connectivity index (χ3v) is 6.22. The highest BCUT2D eigenvalue weighted by Gasteiger charge is 2.27. The summed E-state index contributed by atoms with van der Waals surface area (Å²) in [4.78, 5) is 12.4. The van der Waals surface area contributed by atoms with Crippen molar-refractivity contribution in [3.63, 3.8) is 0 Å². The second kappa shape index (κ2) is 7.89. The highest BCUT2D eigenvalue weighted by Crippen LogP contribution is 2.21. The highest BCUT2D eigenvalue weighted by atomic mass is 32.2. The van der Waals surface area contributed by atoms with E-state index in [2.05, 4.69) is 17.4 Å². The van der Waals surface area contributed by atoms with Crippen molar-refractivity contribution in [2.45, 2.75) is 17.7 Å². The zero-order valence-electron chi connectivity index (χ0n) is 14.6. The van der Waals surface area contributed by atoms with E-state index in [-0.39, 0.29) is 21.7 Å². The number of nitrogens with one attached hydrogen (secondary N) is 2. The lowest BCUT2D eigenvalue weighted by molar-refractivity contribution is 0.0942. The molecule has 3 rings (SSSR count). The number of hydrogen-bond donors (Lipinski definition) is 2. The number of nitrogens with zero attached hydrogens (tertiary/aromatic N) is 1. The van der Waals surface area contributed by atoms with Crippen LogP contribution < -0.4 is 10.9 Å². The molecule has 1 aliphatic rings. The molecule has 0 bridgehead atoms. The van der Waals surface area contributed by atoms with Gasteiger partial charge in [-0.1, -0.05) is 24.8 Å². The van der Waals surface area contributed by atoms with Gasteiger partial charge >= 0.3 is 0 Å². The quantitative estimate of drug-likeness (QED) is 0.744. The minimum atomic E-state index is -3.61. The number of amides is 1. The fourth-order valence-electron chi connectivity index (χ4n) is 2.85. The molecule has 1 fully saturated rings. The molecule has 0 aromatic heterocycles. The molecule has 2 aromatic rings. The Morgan fingerprint density at radius 3 is 2.44 bits per heavy atom. The van der Waals surface area contributed by atoms with Gasteiger partial charge in [0.1, 0.15) is 5.82 Å². The lowest BCUT2D eigenvalue weighted by Crippen LogP contribution is -2.36. The van der Waals surface area contributed by atoms with Gasteiger partial charge in [0.2, 0.25) is 10.0 Å². The summed E-state index contributed by atoms with van der Waals surface area (Å²) in [7, 11) is -3.61. The van der Waals surface area contributed by atoms with Crippen LogP contribution in [0.4, 0.5) is 4.39 Å². The molecule has 1 aliphatic heterocycles. The predicted molar refractivity (Wildman–Crippen MR) is 100 cm³/mol. The van der Waals surface area contributed by atoms with E-state index in [0.717, 1.165) is 12.8 Å². The topological polar surface area (TPSA) is 78.5 Å². The maximum absolute atomic E-state index is 13.7. The van der Waals surface area contributed by atoms with Crippen molar-refractivity contribution in [3.8, 4) is 0 Å². The second-order valence-corrected chi connectivity index (χ2v) is 8.11. The number of rotatable bonds is 6. The Bertz CT molecular complexity index is 970. The molecule has 2 aromatic carbocycles. The van der Waals surface area contributed by atoms with Gasteiger partial charge in [-0.3, -0.25) is 15.6 Å². The summed E-state index contributed by atoms with van der Waals surface area (Å²) >= 11 is 0. The largest absolute Gasteiger partial charge is 0.298 e. The van der Waals surface area contributed by atoms with E-state index >= 15 is 0 Å². The van der Waals surface area contributed by atoms with Crippen LogP contribution in [0, 0.1) is 5.82 Å². The average Bonchev–Trinajstić information content (AvgIpc) is 3.22. The van der Waals surface area contributed by atoms with Crippen LogP contribution in [0.1, 0.15) is 28.8 Å². The van der Waals surface area contributed by atoms with Gasteiger partial charge < -0.3 is 0 Å². The molecule has 0 saturated carbocycles. The van der Waals surface area contributed by atoms with Crippen molar-refractivity contribution in [3.05, 3.63) is 72.1 Å². The summed E-state index contributed by atoms with van der Waals surface area (Å²) in [5, 5.41) is 0. The summed E-state index contributed by atoms with van der Waals surface area (Å²) in [5.41, 5.74) is 5.54. The molecule has 0 atom stereocenters. The second-order valence-electron chi connectivity index (χ2n) is 6.18. The Hall–Kier alpha value is -2.71. The number of carbonyl (C=O) groups is 1. The molecule has 6 nitrogen and oxygen atoms in total. The zero-order chi connectivity index (χ0) is 19.4. The molecule has 8 heteroatoms. The molecule has 0 aliphatic carbocycles. The number of carbonyl (C=O) groups excluding carboxylic acids is 1. The van der Waals surface area contributed by atoms with Gasteiger partial charge in [-0.25, -0.2) is 12.8 Å². The van der Waals surface area contributed by atoms with Crippen molar-refractivity contribution in [2.24, 2.45) is 0 Å². The van der Waals surface area contributed by atoms with E-state index in [1.54, 1.807) is 12.1 Å². The first-order valence-electron chi connectivity index (χ1n) is 8.50. The maximum Gasteiger partial charge on any atom is 0.269 e. The van der Waals surface area contributed by atoms with Gasteiger partial charge in [-0.15, -0.1) is 0 Å². The Kier molecular flexibility index (Phi) is 5.57. The minimum Gasteiger partial charge on any atom is -0.298 e. The van der Waals surface area contributed by atoms with E-state index in [9.17, 15) is 17.6 Å². The van der Waals surface area contributed by atoms with Crippen LogP contribution in [0.3, 0.4) is 0 Å². The number of hydrogen-bond acceptors (Lipinski definition) is 4. The fourth-order valence-corrected chi connectivity index (χ4v) is 4.42. The summed E-state index contributed by atoms with van der Waals surface area (Å²) in [6.07, 6.45) is 1.67. The Labute approximate surface area is 157 Å². The number of hydrazine groups is 1. The molecule has 2 N–H and O–H groups in total. The van der Waals surface area contributed by atoms with Crippen molar-refractivity contribution in [1.29, 1.82) is 0 Å². The van der Waals surface area contributed by atoms with E-state index < -0.39 is 21.7 Å². The molecule has 142 valence electrons. The van der Waals surface area contributed by atoms with Gasteiger partial charge in [-0.05, 0) is 43.2 Å². The number of halogens is 1. The standard InChI is InChI=1S/C19H20FN3O3S/c1-14(17-9-2-3-10-18(17)20)21-22-19(24)15-7-6-8-16(13-15)27(25,26)23-11-4-5-12-23/h2-3,6-10,13,21H,1,4-5,11-12H2,(H,22,24). The Morgan fingerprint density at radius 2 is 1.74 bits per heavy atom. The third-order valence-electron chi connectivity index (χ3n) is 4.32. The summed E-state index contributed by atoms with van der Waals surface area (Å²) in [5.74, 6) is -1.02. The molecule has 1 saturated heterocycles. The van der Waals surface area contributed by atoms with Gasteiger partial charge in [0.15, 0.2) is 0 Å². The van der Waals surface area contributed by atoms with Crippen molar-refractivity contribution >= 4 is 21.6 Å². The van der Waals surface area contributed by atoms with E-state index in [0.29, 0.717) is 13.1 Å². The lowest BCUT2D eigenvalue weighted by atomic mass is 10.1. The van der Waals surface area contributed by atoms with Gasteiger partial charge in [-0.2, -0.15) is 4.31 Å². The SMILES string of the molecule is C=C(NNC(=O)c1cccc(S(=O)(=O)N2CCCC2)c1)c1ccccc1F. The van der Waals surface area contributed by atoms with E-state index in [4.69, 9.17) is 0 Å². The van der Waals surface area contributed by atoms with Crippen molar-refractivity contribution < 1.29 is 17.6 Å². The normalized spacial score (nSPS) is 14.7. The highest BCUT2D eigenvalue weighted by molar-refractivity contribution is 7.89. The van der Waals surface area contributed by atoms with E-state index in [1.807, 2.05) is 0 Å². The molecule has 0 radical (unpaired) electrons. The zero-order valence-corrected chi connectivity index (χ0v) is 15.4. The Morgan fingerprint density at radius 1 is 1.04 bits per heavy atom. The summed E-state index contributed by atoms with van der Waals surface area (Å²) in [6.45, 7) is 4.67. The molecule has 1 heterocycles. The monoisotopic (exact) mass is 389 g/mol. The smallest absolute Gasteiger partial charge is 0.269 e.